The van der Waals surface area contributed by atoms with Gasteiger partial charge in [0.25, 0.3) is 10.0 Å². The van der Waals surface area contributed by atoms with E-state index in [1.807, 2.05) is 19.1 Å². The number of halogens is 1. The smallest absolute Gasteiger partial charge is 0.263 e. The molecule has 18 heavy (non-hydrogen) atoms. The summed E-state index contributed by atoms with van der Waals surface area (Å²) in [7, 11) is -3.51. The molecular weight excluding hydrogens is 334 g/mol. The van der Waals surface area contributed by atoms with E-state index in [0.717, 1.165) is 14.2 Å². The molecule has 2 aromatic rings. The summed E-state index contributed by atoms with van der Waals surface area (Å²) >= 11 is 4.71. The van der Waals surface area contributed by atoms with Gasteiger partial charge >= 0.3 is 0 Å². The number of hydrogen-bond donors (Lipinski definition) is 1. The first kappa shape index (κ1) is 13.6. The Labute approximate surface area is 119 Å². The average molecular weight is 346 g/mol. The van der Waals surface area contributed by atoms with E-state index in [2.05, 4.69) is 20.7 Å². The molecule has 2 rings (SSSR count). The number of anilines is 1. The average Bonchev–Trinajstić information content (AvgIpc) is 2.58. The molecule has 0 saturated carbocycles. The summed E-state index contributed by atoms with van der Waals surface area (Å²) in [6.07, 6.45) is 0. The van der Waals surface area contributed by atoms with Crippen molar-refractivity contribution < 1.29 is 8.42 Å². The topological polar surface area (TPSA) is 46.2 Å². The van der Waals surface area contributed by atoms with E-state index in [1.165, 1.54) is 11.3 Å². The van der Waals surface area contributed by atoms with Crippen molar-refractivity contribution in [2.75, 3.05) is 4.72 Å². The molecule has 0 spiro atoms. The Morgan fingerprint density at radius 3 is 2.50 bits per heavy atom. The van der Waals surface area contributed by atoms with Crippen LogP contribution in [0.5, 0.6) is 0 Å². The zero-order valence-electron chi connectivity index (χ0n) is 9.90. The molecule has 0 saturated heterocycles. The summed E-state index contributed by atoms with van der Waals surface area (Å²) in [4.78, 5) is 1.09. The van der Waals surface area contributed by atoms with Crippen LogP contribution in [0.3, 0.4) is 0 Å². The van der Waals surface area contributed by atoms with Crippen molar-refractivity contribution in [1.29, 1.82) is 0 Å². The van der Waals surface area contributed by atoms with Crippen LogP contribution in [-0.2, 0) is 10.0 Å². The molecule has 96 valence electrons. The highest BCUT2D eigenvalue weighted by Gasteiger charge is 2.19. The Morgan fingerprint density at radius 2 is 1.94 bits per heavy atom. The van der Waals surface area contributed by atoms with Crippen LogP contribution in [0.4, 0.5) is 5.69 Å². The normalized spacial score (nSPS) is 11.5. The minimum absolute atomic E-state index is 0.320. The van der Waals surface area contributed by atoms with Crippen LogP contribution in [-0.4, -0.2) is 8.42 Å². The lowest BCUT2D eigenvalue weighted by Crippen LogP contribution is -2.13. The number of thiophene rings is 1. The van der Waals surface area contributed by atoms with E-state index in [1.54, 1.807) is 25.1 Å². The quantitative estimate of drug-likeness (QED) is 0.915. The Kier molecular flexibility index (Phi) is 3.79. The predicted molar refractivity (Wildman–Crippen MR) is 78.7 cm³/mol. The van der Waals surface area contributed by atoms with Gasteiger partial charge in [0.15, 0.2) is 0 Å². The lowest BCUT2D eigenvalue weighted by atomic mass is 10.2. The van der Waals surface area contributed by atoms with Crippen molar-refractivity contribution in [1.82, 2.24) is 0 Å². The molecule has 1 aromatic carbocycles. The van der Waals surface area contributed by atoms with Crippen LogP contribution in [0.15, 0.2) is 39.0 Å². The third kappa shape index (κ3) is 2.93. The second-order valence-electron chi connectivity index (χ2n) is 3.95. The fraction of sp³-hybridized carbons (Fsp3) is 0.167. The lowest BCUT2D eigenvalue weighted by molar-refractivity contribution is 0.601. The maximum Gasteiger partial charge on any atom is 0.263 e. The highest BCUT2D eigenvalue weighted by atomic mass is 79.9. The second-order valence-corrected chi connectivity index (χ2v) is 8.23. The maximum absolute atomic E-state index is 12.2. The van der Waals surface area contributed by atoms with Crippen LogP contribution in [0, 0.1) is 13.8 Å². The molecule has 0 aliphatic carbocycles. The van der Waals surface area contributed by atoms with E-state index >= 15 is 0 Å². The number of aryl methyl sites for hydroxylation is 2. The van der Waals surface area contributed by atoms with Crippen LogP contribution in [0.25, 0.3) is 0 Å². The molecule has 0 atom stereocenters. The van der Waals surface area contributed by atoms with Gasteiger partial charge in [0.1, 0.15) is 4.90 Å². The fourth-order valence-electron chi connectivity index (χ4n) is 1.62. The zero-order chi connectivity index (χ0) is 13.3. The summed E-state index contributed by atoms with van der Waals surface area (Å²) in [5, 5.41) is 0. The summed E-state index contributed by atoms with van der Waals surface area (Å²) in [6.45, 7) is 3.71. The number of rotatable bonds is 3. The molecule has 1 N–H and O–H groups in total. The largest absolute Gasteiger partial charge is 0.280 e. The maximum atomic E-state index is 12.2. The van der Waals surface area contributed by atoms with Crippen molar-refractivity contribution in [3.63, 3.8) is 0 Å². The second kappa shape index (κ2) is 5.03. The van der Waals surface area contributed by atoms with Crippen molar-refractivity contribution in [2.45, 2.75) is 18.7 Å². The van der Waals surface area contributed by atoms with Gasteiger partial charge in [-0.3, -0.25) is 4.72 Å². The van der Waals surface area contributed by atoms with Gasteiger partial charge in [-0.2, -0.15) is 0 Å². The Bertz CT molecular complexity index is 677. The Morgan fingerprint density at radius 1 is 1.22 bits per heavy atom. The molecule has 0 fully saturated rings. The third-order valence-corrected chi connectivity index (χ3v) is 5.59. The van der Waals surface area contributed by atoms with Crippen LogP contribution in [0.1, 0.15) is 10.4 Å². The van der Waals surface area contributed by atoms with Gasteiger partial charge in [-0.1, -0.05) is 12.1 Å². The molecule has 0 unspecified atom stereocenters. The van der Waals surface area contributed by atoms with Crippen molar-refractivity contribution >= 4 is 43.0 Å². The van der Waals surface area contributed by atoms with Crippen molar-refractivity contribution in [3.05, 3.63) is 44.6 Å². The van der Waals surface area contributed by atoms with Gasteiger partial charge in [-0.05, 0) is 53.5 Å². The van der Waals surface area contributed by atoms with Gasteiger partial charge in [0, 0.05) is 10.6 Å². The highest BCUT2D eigenvalue weighted by molar-refractivity contribution is 9.11. The van der Waals surface area contributed by atoms with Gasteiger partial charge in [0.05, 0.1) is 3.79 Å². The first-order chi connectivity index (χ1) is 8.38. The minimum Gasteiger partial charge on any atom is -0.280 e. The summed E-state index contributed by atoms with van der Waals surface area (Å²) < 4.78 is 27.8. The van der Waals surface area contributed by atoms with E-state index in [9.17, 15) is 8.42 Å². The van der Waals surface area contributed by atoms with Gasteiger partial charge in [-0.15, -0.1) is 11.3 Å². The number of sulfonamides is 1. The lowest BCUT2D eigenvalue weighted by Gasteiger charge is -2.08. The Hall–Kier alpha value is -0.850. The van der Waals surface area contributed by atoms with Gasteiger partial charge in [-0.25, -0.2) is 8.42 Å². The van der Waals surface area contributed by atoms with Crippen molar-refractivity contribution in [2.24, 2.45) is 0 Å². The molecule has 3 nitrogen and oxygen atoms in total. The number of benzene rings is 1. The molecule has 0 amide bonds. The highest BCUT2D eigenvalue weighted by Crippen LogP contribution is 2.30. The number of hydrogen-bond acceptors (Lipinski definition) is 3. The molecule has 1 aromatic heterocycles. The minimum atomic E-state index is -3.51. The fourth-order valence-corrected chi connectivity index (χ4v) is 5.08. The molecule has 0 aliphatic heterocycles. The zero-order valence-corrected chi connectivity index (χ0v) is 13.1. The standard InChI is InChI=1S/C12H12BrNO2S2/c1-8-4-3-5-10(6-8)14-18(15,16)11-7-12(13)17-9(11)2/h3-7,14H,1-2H3. The summed E-state index contributed by atoms with van der Waals surface area (Å²) in [5.74, 6) is 0. The molecule has 6 heteroatoms. The number of nitrogens with one attached hydrogen (secondary N) is 1. The third-order valence-electron chi connectivity index (χ3n) is 2.40. The Balaban J connectivity index is 2.36. The predicted octanol–water partition coefficient (Wildman–Crippen LogP) is 3.93. The van der Waals surface area contributed by atoms with E-state index in [4.69, 9.17) is 0 Å². The summed E-state index contributed by atoms with van der Waals surface area (Å²) in [5.41, 5.74) is 1.59. The first-order valence-corrected chi connectivity index (χ1v) is 8.33. The molecule has 1 heterocycles. The van der Waals surface area contributed by atoms with E-state index in [0.29, 0.717) is 10.6 Å². The molecule has 0 bridgehead atoms. The van der Waals surface area contributed by atoms with E-state index in [-0.39, 0.29) is 0 Å². The molecule has 0 radical (unpaired) electrons. The van der Waals surface area contributed by atoms with Gasteiger partial charge < -0.3 is 0 Å². The molecular formula is C12H12BrNO2S2. The van der Waals surface area contributed by atoms with Crippen LogP contribution < -0.4 is 4.72 Å². The SMILES string of the molecule is Cc1cccc(NS(=O)(=O)c2cc(Br)sc2C)c1. The van der Waals surface area contributed by atoms with Crippen molar-refractivity contribution in [3.8, 4) is 0 Å². The monoisotopic (exact) mass is 345 g/mol. The van der Waals surface area contributed by atoms with Gasteiger partial charge in [0.2, 0.25) is 0 Å². The van der Waals surface area contributed by atoms with E-state index < -0.39 is 10.0 Å². The van der Waals surface area contributed by atoms with Crippen LogP contribution in [0.2, 0.25) is 0 Å². The summed E-state index contributed by atoms with van der Waals surface area (Å²) in [6, 6.07) is 8.90. The van der Waals surface area contributed by atoms with Crippen LogP contribution >= 0.6 is 27.3 Å². The first-order valence-electron chi connectivity index (χ1n) is 5.24. The molecule has 0 aliphatic rings.